The Hall–Kier alpha value is -6.04. The number of anilines is 2. The summed E-state index contributed by atoms with van der Waals surface area (Å²) in [7, 11) is 1.89. The molecule has 15 nitrogen and oxygen atoms in total. The van der Waals surface area contributed by atoms with E-state index in [9.17, 15) is 14.7 Å². The number of carbonyl (C=O) groups excluding carboxylic acids is 2. The largest absolute Gasteiger partial charge is 0.508 e. The van der Waals surface area contributed by atoms with Gasteiger partial charge in [0.15, 0.2) is 5.82 Å². The summed E-state index contributed by atoms with van der Waals surface area (Å²) in [6, 6.07) is 16.2. The highest BCUT2D eigenvalue weighted by atomic mass is 19.1. The molecular formula is C53H61F2N11O4. The monoisotopic (exact) mass is 953 g/mol. The van der Waals surface area contributed by atoms with E-state index in [1.807, 2.05) is 36.0 Å². The number of ether oxygens (including phenoxy) is 1. The number of hydrogen-bond donors (Lipinski definition) is 3. The van der Waals surface area contributed by atoms with E-state index in [-0.39, 0.29) is 40.2 Å². The first-order valence-electron chi connectivity index (χ1n) is 25.3. The van der Waals surface area contributed by atoms with E-state index in [2.05, 4.69) is 49.3 Å². The molecule has 6 aliphatic rings. The number of imide groups is 1. The van der Waals surface area contributed by atoms with Gasteiger partial charge in [-0.05, 0) is 98.0 Å². The summed E-state index contributed by atoms with van der Waals surface area (Å²) in [5, 5.41) is 24.8. The van der Waals surface area contributed by atoms with Crippen LogP contribution in [-0.2, 0) is 23.1 Å². The number of pyridine rings is 1. The van der Waals surface area contributed by atoms with Gasteiger partial charge in [0.05, 0.1) is 29.1 Å². The number of fused-ring (bicyclic) bond motifs is 5. The normalized spacial score (nSPS) is 23.7. The van der Waals surface area contributed by atoms with Crippen LogP contribution < -0.4 is 25.2 Å². The van der Waals surface area contributed by atoms with Crippen LogP contribution in [0.3, 0.4) is 0 Å². The molecule has 17 heteroatoms. The molecule has 1 aliphatic carbocycles. The van der Waals surface area contributed by atoms with Gasteiger partial charge in [0.2, 0.25) is 11.8 Å². The number of piperidine rings is 2. The lowest BCUT2D eigenvalue weighted by Gasteiger charge is -2.43. The summed E-state index contributed by atoms with van der Waals surface area (Å²) < 4.78 is 42.1. The first kappa shape index (κ1) is 45.1. The van der Waals surface area contributed by atoms with Crippen LogP contribution in [0.15, 0.2) is 54.7 Å². The predicted octanol–water partition coefficient (Wildman–Crippen LogP) is 6.38. The molecule has 12 rings (SSSR count). The summed E-state index contributed by atoms with van der Waals surface area (Å²) >= 11 is 0. The molecule has 6 aromatic rings. The summed E-state index contributed by atoms with van der Waals surface area (Å²) in [6.45, 7) is 9.61. The van der Waals surface area contributed by atoms with Crippen molar-refractivity contribution in [3.8, 4) is 23.0 Å². The Morgan fingerprint density at radius 1 is 0.871 bits per heavy atom. The third-order valence-corrected chi connectivity index (χ3v) is 16.3. The number of halogens is 2. The lowest BCUT2D eigenvalue weighted by atomic mass is 9.91. The number of aryl methyl sites for hydroxylation is 2. The second kappa shape index (κ2) is 17.7. The minimum absolute atomic E-state index is 0.0407. The molecule has 5 aliphatic heterocycles. The Bertz CT molecular complexity index is 3020. The zero-order valence-electron chi connectivity index (χ0n) is 40.0. The maximum Gasteiger partial charge on any atom is 0.319 e. The third kappa shape index (κ3) is 8.46. The molecule has 0 spiro atoms. The summed E-state index contributed by atoms with van der Waals surface area (Å²) in [4.78, 5) is 48.1. The highest BCUT2D eigenvalue weighted by molar-refractivity contribution is 6.03. The van der Waals surface area contributed by atoms with Crippen molar-refractivity contribution >= 4 is 55.9 Å². The van der Waals surface area contributed by atoms with Crippen LogP contribution in [0.1, 0.15) is 75.5 Å². The van der Waals surface area contributed by atoms with Gasteiger partial charge in [0.1, 0.15) is 28.4 Å². The van der Waals surface area contributed by atoms with E-state index in [0.717, 1.165) is 111 Å². The van der Waals surface area contributed by atoms with Crippen molar-refractivity contribution in [2.75, 3.05) is 81.9 Å². The zero-order chi connectivity index (χ0) is 47.9. The minimum atomic E-state index is -1.26. The number of carbonyl (C=O) groups is 2. The highest BCUT2D eigenvalue weighted by Gasteiger charge is 2.47. The second-order valence-corrected chi connectivity index (χ2v) is 21.1. The molecule has 3 atom stereocenters. The molecule has 3 unspecified atom stereocenters. The lowest BCUT2D eigenvalue weighted by Crippen LogP contribution is -2.54. The number of nitrogens with zero attached hydrogens (tertiary/aromatic N) is 9. The molecule has 1 saturated carbocycles. The number of phenols is 1. The van der Waals surface area contributed by atoms with E-state index in [4.69, 9.17) is 24.8 Å². The van der Waals surface area contributed by atoms with Crippen LogP contribution in [0.4, 0.5) is 20.3 Å². The summed E-state index contributed by atoms with van der Waals surface area (Å²) in [5.74, 6) is -0.874. The molecule has 0 radical (unpaired) electrons. The fraction of sp³-hybridized carbons (Fsp3) is 0.509. The van der Waals surface area contributed by atoms with E-state index in [1.54, 1.807) is 18.3 Å². The van der Waals surface area contributed by atoms with E-state index >= 15 is 8.78 Å². The quantitative estimate of drug-likeness (QED) is 0.116. The van der Waals surface area contributed by atoms with Crippen molar-refractivity contribution in [3.63, 3.8) is 0 Å². The number of alkyl halides is 1. The van der Waals surface area contributed by atoms with Crippen LogP contribution in [-0.4, -0.2) is 141 Å². The molecule has 6 fully saturated rings. The van der Waals surface area contributed by atoms with Crippen LogP contribution in [0.2, 0.25) is 0 Å². The van der Waals surface area contributed by atoms with E-state index in [0.29, 0.717) is 86.5 Å². The van der Waals surface area contributed by atoms with Gasteiger partial charge in [-0.2, -0.15) is 15.1 Å². The Kier molecular flexibility index (Phi) is 11.4. The number of hydrogen-bond acceptors (Lipinski definition) is 13. The molecule has 3 aromatic carbocycles. The average molecular weight is 954 g/mol. The van der Waals surface area contributed by atoms with Crippen molar-refractivity contribution in [3.05, 3.63) is 71.8 Å². The van der Waals surface area contributed by atoms with Gasteiger partial charge in [0.25, 0.3) is 0 Å². The lowest BCUT2D eigenvalue weighted by molar-refractivity contribution is -0.134. The van der Waals surface area contributed by atoms with Gasteiger partial charge >= 0.3 is 6.01 Å². The standard InChI is InChI=1S/C53H61F2N11O4/c1-3-32-5-4-6-33-23-37(67)25-40(44(32)33)47-45(54)48-41(26-56-47)49(66-27-34-7-8-35(28-66)57-34)60-51(59-48)70-31-52(13-14-52)29-63-17-15-53(55,16-18-63)30-64-19-21-65(22-20-64)36-9-10-38-42(24-36)62(2)61-46(38)39-11-12-43(68)58-50(39)69/h4-6,9-10,23-26,34-35,39,57,67H,3,7-8,11-22,27-31H2,1-2H3,(H,58,68,69). The van der Waals surface area contributed by atoms with Gasteiger partial charge in [-0.25, -0.2) is 8.78 Å². The van der Waals surface area contributed by atoms with Crippen LogP contribution in [0.5, 0.6) is 11.8 Å². The van der Waals surface area contributed by atoms with Crippen LogP contribution >= 0.6 is 0 Å². The Balaban J connectivity index is 0.696. The predicted molar refractivity (Wildman–Crippen MR) is 265 cm³/mol. The first-order chi connectivity index (χ1) is 33.9. The van der Waals surface area contributed by atoms with E-state index < -0.39 is 17.4 Å². The SMILES string of the molecule is CCc1cccc2cc(O)cc(-c3ncc4c(N5CC6CCC(C5)N6)nc(OCC5(CN6CCC(F)(CN7CCN(c8ccc9c(C%10CCC(=O)NC%10=O)nn(C)c9c8)CC7)CC6)CC5)nc4c3F)c12. The van der Waals surface area contributed by atoms with Crippen molar-refractivity contribution < 1.29 is 28.2 Å². The maximum atomic E-state index is 17.2. The second-order valence-electron chi connectivity index (χ2n) is 21.1. The Morgan fingerprint density at radius 2 is 1.64 bits per heavy atom. The van der Waals surface area contributed by atoms with Gasteiger partial charge in [-0.3, -0.25) is 29.5 Å². The molecule has 70 heavy (non-hydrogen) atoms. The van der Waals surface area contributed by atoms with Crippen molar-refractivity contribution in [2.45, 2.75) is 88.4 Å². The fourth-order valence-corrected chi connectivity index (χ4v) is 12.2. The minimum Gasteiger partial charge on any atom is -0.508 e. The van der Waals surface area contributed by atoms with Crippen molar-refractivity contribution in [1.29, 1.82) is 0 Å². The first-order valence-corrected chi connectivity index (χ1v) is 25.3. The molecule has 2 bridgehead atoms. The average Bonchev–Trinajstić information content (AvgIpc) is 3.94. The number of amides is 2. The van der Waals surface area contributed by atoms with Gasteiger partial charge in [0, 0.05) is 119 Å². The molecule has 366 valence electrons. The summed E-state index contributed by atoms with van der Waals surface area (Å²) in [6.07, 6.45) is 8.27. The van der Waals surface area contributed by atoms with Crippen molar-refractivity contribution in [1.82, 2.24) is 45.2 Å². The van der Waals surface area contributed by atoms with Gasteiger partial charge in [-0.15, -0.1) is 0 Å². The number of aromatic hydroxyl groups is 1. The third-order valence-electron chi connectivity index (χ3n) is 16.3. The molecule has 8 heterocycles. The van der Waals surface area contributed by atoms with Gasteiger partial charge in [-0.1, -0.05) is 25.1 Å². The molecule has 2 amide bonds. The number of nitrogens with one attached hydrogen (secondary N) is 2. The number of piperazine rings is 2. The molecule has 3 N–H and O–H groups in total. The molecule has 3 aromatic heterocycles. The van der Waals surface area contributed by atoms with Crippen LogP contribution in [0.25, 0.3) is 43.8 Å². The van der Waals surface area contributed by atoms with Gasteiger partial charge < -0.3 is 29.9 Å². The summed E-state index contributed by atoms with van der Waals surface area (Å²) in [5.41, 5.74) is 3.19. The van der Waals surface area contributed by atoms with Crippen LogP contribution in [0, 0.1) is 11.2 Å². The number of likely N-dealkylation sites (tertiary alicyclic amines) is 1. The Labute approximate surface area is 405 Å². The number of phenolic OH excluding ortho intramolecular Hbond substituents is 1. The number of benzene rings is 3. The zero-order valence-corrected chi connectivity index (χ0v) is 40.0. The number of rotatable bonds is 12. The Morgan fingerprint density at radius 3 is 2.39 bits per heavy atom. The number of aromatic nitrogens is 5. The highest BCUT2D eigenvalue weighted by Crippen LogP contribution is 2.48. The smallest absolute Gasteiger partial charge is 0.319 e. The maximum absolute atomic E-state index is 17.2. The van der Waals surface area contributed by atoms with Crippen molar-refractivity contribution in [2.24, 2.45) is 12.5 Å². The topological polar surface area (TPSA) is 157 Å². The molecule has 5 saturated heterocycles. The molecular weight excluding hydrogens is 893 g/mol. The van der Waals surface area contributed by atoms with E-state index in [1.165, 1.54) is 0 Å². The fourth-order valence-electron chi connectivity index (χ4n) is 12.2.